The number of ether oxygens (including phenoxy) is 1. The lowest BCUT2D eigenvalue weighted by molar-refractivity contribution is 0.0222. The van der Waals surface area contributed by atoms with Crippen LogP contribution in [0.1, 0.15) is 40.0 Å². The van der Waals surface area contributed by atoms with Crippen molar-refractivity contribution in [3.63, 3.8) is 0 Å². The number of nitrogens with zero attached hydrogens (tertiary/aromatic N) is 4. The summed E-state index contributed by atoms with van der Waals surface area (Å²) in [6, 6.07) is 9.92. The first-order valence-electron chi connectivity index (χ1n) is 11.7. The van der Waals surface area contributed by atoms with Gasteiger partial charge in [0, 0.05) is 31.6 Å². The summed E-state index contributed by atoms with van der Waals surface area (Å²) in [6.45, 7) is 6.60. The second kappa shape index (κ2) is 9.64. The molecule has 0 unspecified atom stereocenters. The van der Waals surface area contributed by atoms with Gasteiger partial charge in [-0.15, -0.1) is 5.10 Å². The first-order valence-corrected chi connectivity index (χ1v) is 11.7. The van der Waals surface area contributed by atoms with Gasteiger partial charge in [0.25, 0.3) is 5.56 Å². The van der Waals surface area contributed by atoms with Crippen molar-refractivity contribution >= 4 is 22.7 Å². The highest BCUT2D eigenvalue weighted by molar-refractivity contribution is 5.91. The number of aromatic nitrogens is 2. The topological polar surface area (TPSA) is 67.7 Å². The van der Waals surface area contributed by atoms with Gasteiger partial charge >= 0.3 is 6.09 Å². The van der Waals surface area contributed by atoms with Crippen LogP contribution < -0.4 is 10.5 Å². The number of benzene rings is 2. The molecule has 186 valence electrons. The zero-order valence-electron chi connectivity index (χ0n) is 20.4. The SMILES string of the molecule is CN(C(=O)OC(C)(C)C)[C@@H]1CCCCN(c2nn(-c3ccc(F)cc3F)c(=O)c3ccccc23)C1. The number of likely N-dealkylation sites (N-methyl/N-ethyl adjacent to an activating group) is 1. The maximum Gasteiger partial charge on any atom is 0.410 e. The average molecular weight is 485 g/mol. The lowest BCUT2D eigenvalue weighted by Gasteiger charge is -2.33. The summed E-state index contributed by atoms with van der Waals surface area (Å²) in [4.78, 5) is 29.6. The molecule has 2 aromatic carbocycles. The number of anilines is 1. The van der Waals surface area contributed by atoms with Gasteiger partial charge in [0.2, 0.25) is 0 Å². The van der Waals surface area contributed by atoms with E-state index in [0.717, 1.165) is 36.1 Å². The third kappa shape index (κ3) is 5.28. The Bertz CT molecular complexity index is 1300. The van der Waals surface area contributed by atoms with Crippen molar-refractivity contribution in [1.29, 1.82) is 0 Å². The molecule has 7 nitrogen and oxygen atoms in total. The summed E-state index contributed by atoms with van der Waals surface area (Å²) in [5, 5.41) is 5.57. The molecule has 9 heteroatoms. The molecule has 0 radical (unpaired) electrons. The lowest BCUT2D eigenvalue weighted by atomic mass is 10.1. The molecule has 2 heterocycles. The second-order valence-corrected chi connectivity index (χ2v) is 9.87. The van der Waals surface area contributed by atoms with Gasteiger partial charge in [0.1, 0.15) is 17.1 Å². The molecule has 4 rings (SSSR count). The number of halogens is 2. The van der Waals surface area contributed by atoms with Gasteiger partial charge in [-0.3, -0.25) is 4.79 Å². The van der Waals surface area contributed by atoms with Gasteiger partial charge in [0.15, 0.2) is 11.6 Å². The van der Waals surface area contributed by atoms with Crippen LogP contribution in [0.4, 0.5) is 19.4 Å². The van der Waals surface area contributed by atoms with Crippen molar-refractivity contribution in [2.75, 3.05) is 25.0 Å². The smallest absolute Gasteiger partial charge is 0.410 e. The van der Waals surface area contributed by atoms with Crippen molar-refractivity contribution in [1.82, 2.24) is 14.7 Å². The third-order valence-electron chi connectivity index (χ3n) is 6.10. The molecule has 1 fully saturated rings. The van der Waals surface area contributed by atoms with Crippen molar-refractivity contribution in [3.8, 4) is 5.69 Å². The number of hydrogen-bond acceptors (Lipinski definition) is 5. The highest BCUT2D eigenvalue weighted by atomic mass is 19.1. The normalized spacial score (nSPS) is 16.7. The molecule has 1 aliphatic heterocycles. The summed E-state index contributed by atoms with van der Waals surface area (Å²) in [5.41, 5.74) is -1.23. The highest BCUT2D eigenvalue weighted by Gasteiger charge is 2.30. The maximum atomic E-state index is 14.6. The van der Waals surface area contributed by atoms with Crippen molar-refractivity contribution in [3.05, 3.63) is 64.5 Å². The largest absolute Gasteiger partial charge is 0.444 e. The monoisotopic (exact) mass is 484 g/mol. The molecular formula is C26H30F2N4O3. The summed E-state index contributed by atoms with van der Waals surface area (Å²) < 4.78 is 34.7. The number of hydrogen-bond donors (Lipinski definition) is 0. The van der Waals surface area contributed by atoms with Crippen LogP contribution in [-0.2, 0) is 4.74 Å². The fraction of sp³-hybridized carbons (Fsp3) is 0.423. The first kappa shape index (κ1) is 24.6. The van der Waals surface area contributed by atoms with E-state index in [1.807, 2.05) is 37.8 Å². The van der Waals surface area contributed by atoms with E-state index < -0.39 is 28.9 Å². The predicted molar refractivity (Wildman–Crippen MR) is 131 cm³/mol. The van der Waals surface area contributed by atoms with Crippen molar-refractivity contribution in [2.45, 2.75) is 51.7 Å². The number of carbonyl (C=O) groups excluding carboxylic acids is 1. The van der Waals surface area contributed by atoms with Crippen molar-refractivity contribution < 1.29 is 18.3 Å². The van der Waals surface area contributed by atoms with Crippen LogP contribution in [0.5, 0.6) is 0 Å². The van der Waals surface area contributed by atoms with E-state index in [9.17, 15) is 18.4 Å². The van der Waals surface area contributed by atoms with E-state index in [4.69, 9.17) is 4.74 Å². The number of amides is 1. The Hall–Kier alpha value is -3.49. The van der Waals surface area contributed by atoms with Crippen LogP contribution in [0.15, 0.2) is 47.3 Å². The predicted octanol–water partition coefficient (Wildman–Crippen LogP) is 4.89. The zero-order valence-corrected chi connectivity index (χ0v) is 20.4. The molecule has 0 saturated carbocycles. The molecule has 0 N–H and O–H groups in total. The molecule has 1 atom stereocenters. The molecule has 35 heavy (non-hydrogen) atoms. The molecule has 0 aliphatic carbocycles. The quantitative estimate of drug-likeness (QED) is 0.530. The van der Waals surface area contributed by atoms with E-state index in [2.05, 4.69) is 5.10 Å². The first-order chi connectivity index (χ1) is 16.5. The Balaban J connectivity index is 1.77. The van der Waals surface area contributed by atoms with Crippen LogP contribution >= 0.6 is 0 Å². The van der Waals surface area contributed by atoms with E-state index >= 15 is 0 Å². The van der Waals surface area contributed by atoms with E-state index in [0.29, 0.717) is 29.7 Å². The Kier molecular flexibility index (Phi) is 6.78. The summed E-state index contributed by atoms with van der Waals surface area (Å²) in [6.07, 6.45) is 2.15. The lowest BCUT2D eigenvalue weighted by Crippen LogP contribution is -2.46. The molecule has 1 amide bonds. The zero-order chi connectivity index (χ0) is 25.3. The average Bonchev–Trinajstić information content (AvgIpc) is 3.05. The summed E-state index contributed by atoms with van der Waals surface area (Å²) >= 11 is 0. The maximum absolute atomic E-state index is 14.6. The minimum atomic E-state index is -0.876. The molecule has 3 aromatic rings. The second-order valence-electron chi connectivity index (χ2n) is 9.87. The molecular weight excluding hydrogens is 454 g/mol. The van der Waals surface area contributed by atoms with Gasteiger partial charge in [0.05, 0.1) is 11.4 Å². The van der Waals surface area contributed by atoms with Crippen LogP contribution in [0.25, 0.3) is 16.5 Å². The van der Waals surface area contributed by atoms with Crippen molar-refractivity contribution in [2.24, 2.45) is 0 Å². The number of rotatable bonds is 3. The Labute approximate surface area is 202 Å². The van der Waals surface area contributed by atoms with E-state index in [1.165, 1.54) is 6.07 Å². The van der Waals surface area contributed by atoms with E-state index in [-0.39, 0.29) is 11.7 Å². The fourth-order valence-electron chi connectivity index (χ4n) is 4.33. The van der Waals surface area contributed by atoms with Crippen LogP contribution in [-0.4, -0.2) is 52.6 Å². The summed E-state index contributed by atoms with van der Waals surface area (Å²) in [5.74, 6) is -1.10. The van der Waals surface area contributed by atoms with Gasteiger partial charge in [-0.1, -0.05) is 18.2 Å². The Morgan fingerprint density at radius 1 is 1.11 bits per heavy atom. The fourth-order valence-corrected chi connectivity index (χ4v) is 4.33. The minimum absolute atomic E-state index is 0.124. The highest BCUT2D eigenvalue weighted by Crippen LogP contribution is 2.27. The molecule has 0 bridgehead atoms. The van der Waals surface area contributed by atoms with Gasteiger partial charge in [-0.25, -0.2) is 13.6 Å². The third-order valence-corrected chi connectivity index (χ3v) is 6.10. The van der Waals surface area contributed by atoms with Gasteiger partial charge < -0.3 is 14.5 Å². The van der Waals surface area contributed by atoms with E-state index in [1.54, 1.807) is 24.1 Å². The molecule has 1 aliphatic rings. The van der Waals surface area contributed by atoms with Gasteiger partial charge in [-0.05, 0) is 58.2 Å². The van der Waals surface area contributed by atoms with Crippen LogP contribution in [0.2, 0.25) is 0 Å². The minimum Gasteiger partial charge on any atom is -0.444 e. The number of carbonyl (C=O) groups is 1. The molecule has 1 saturated heterocycles. The van der Waals surface area contributed by atoms with Gasteiger partial charge in [-0.2, -0.15) is 4.68 Å². The molecule has 0 spiro atoms. The Morgan fingerprint density at radius 3 is 2.51 bits per heavy atom. The summed E-state index contributed by atoms with van der Waals surface area (Å²) in [7, 11) is 1.72. The number of fused-ring (bicyclic) bond motifs is 1. The molecule has 1 aromatic heterocycles. The Morgan fingerprint density at radius 2 is 1.83 bits per heavy atom. The van der Waals surface area contributed by atoms with Crippen LogP contribution in [0.3, 0.4) is 0 Å². The standard InChI is InChI=1S/C26H30F2N4O3/c1-26(2,3)35-25(34)30(4)18-9-7-8-14-31(16-18)23-19-10-5-6-11-20(19)24(33)32(29-23)22-13-12-17(27)15-21(22)28/h5-6,10-13,15,18H,7-9,14,16H2,1-4H3/t18-/m1/s1. The van der Waals surface area contributed by atoms with Crippen LogP contribution in [0, 0.1) is 11.6 Å².